The van der Waals surface area contributed by atoms with Crippen LogP contribution in [0.5, 0.6) is 11.6 Å². The second-order valence-electron chi connectivity index (χ2n) is 18.8. The Hall–Kier alpha value is -7.44. The minimum Gasteiger partial charge on any atom is -0.0622 e. The van der Waals surface area contributed by atoms with Gasteiger partial charge in [0.15, 0.2) is 0 Å². The molecule has 11 rings (SSSR count). The second-order valence-corrected chi connectivity index (χ2v) is 21.1. The van der Waals surface area contributed by atoms with Gasteiger partial charge in [0.2, 0.25) is 0 Å². The predicted octanol–water partition coefficient (Wildman–Crippen LogP) is 13.9. The topological polar surface area (TPSA) is 44.7 Å². The van der Waals surface area contributed by atoms with Gasteiger partial charge in [0, 0.05) is 11.1 Å². The van der Waals surface area contributed by atoms with Crippen molar-refractivity contribution >= 4 is 63.8 Å². The Labute approximate surface area is 400 Å². The maximum atomic E-state index is 6.76. The number of pyridine rings is 2. The van der Waals surface area contributed by atoms with E-state index in [0.717, 1.165) is 34.3 Å². The monoisotopic (exact) mass is 937 g/mol. The molecule has 0 amide bonds. The number of anilines is 7. The zero-order chi connectivity index (χ0) is 45.7. The van der Waals surface area contributed by atoms with Crippen molar-refractivity contribution in [3.63, 3.8) is 0 Å². The SMILES string of the molecule is CC(C)(C)c1cc(-c2ccccc2)c(N2CN(c3cccc(Oc4cc5c(cn4)[Se]c4ccccc4N5c4cc(C(C)(C)c5ccccc5)ccn4)c3)c3ccccc32)c(-c2ccccc2)c1. The van der Waals surface area contributed by atoms with Crippen LogP contribution in [-0.2, 0) is 10.8 Å². The third-order valence-corrected chi connectivity index (χ3v) is 15.4. The summed E-state index contributed by atoms with van der Waals surface area (Å²) < 4.78 is 9.23. The van der Waals surface area contributed by atoms with Crippen LogP contribution in [0.2, 0.25) is 0 Å². The van der Waals surface area contributed by atoms with Gasteiger partial charge in [0.25, 0.3) is 0 Å². The van der Waals surface area contributed by atoms with Gasteiger partial charge in [-0.15, -0.1) is 0 Å². The summed E-state index contributed by atoms with van der Waals surface area (Å²) in [6.07, 6.45) is 3.92. The fourth-order valence-corrected chi connectivity index (χ4v) is 11.5. The molecule has 7 aromatic carbocycles. The summed E-state index contributed by atoms with van der Waals surface area (Å²) in [7, 11) is 0. The molecule has 0 N–H and O–H groups in total. The van der Waals surface area contributed by atoms with Crippen LogP contribution in [0.15, 0.2) is 207 Å². The zero-order valence-electron chi connectivity index (χ0n) is 38.4. The first kappa shape index (κ1) is 42.2. The summed E-state index contributed by atoms with van der Waals surface area (Å²) in [5, 5.41) is 0. The van der Waals surface area contributed by atoms with E-state index in [2.05, 4.69) is 237 Å². The fraction of sp³-hybridized carbons (Fsp3) is 0.133. The van der Waals surface area contributed by atoms with E-state index in [1.54, 1.807) is 0 Å². The first-order valence-electron chi connectivity index (χ1n) is 22.9. The van der Waals surface area contributed by atoms with Gasteiger partial charge in [0.1, 0.15) is 0 Å². The van der Waals surface area contributed by atoms with Crippen molar-refractivity contribution in [3.05, 3.63) is 223 Å². The number of hydrogen-bond donors (Lipinski definition) is 0. The molecule has 6 nitrogen and oxygen atoms in total. The van der Waals surface area contributed by atoms with Crippen molar-refractivity contribution in [3.8, 4) is 33.9 Å². The minimum atomic E-state index is -0.226. The number of rotatable bonds is 9. The first-order chi connectivity index (χ1) is 32.6. The molecular weight excluding hydrogens is 886 g/mol. The number of fused-ring (bicyclic) bond motifs is 3. The maximum Gasteiger partial charge on any atom is 0.00638 e. The first-order valence-corrected chi connectivity index (χ1v) is 24.6. The van der Waals surface area contributed by atoms with Crippen molar-refractivity contribution in [2.24, 2.45) is 0 Å². The second kappa shape index (κ2) is 17.1. The van der Waals surface area contributed by atoms with E-state index in [-0.39, 0.29) is 25.8 Å². The molecule has 7 heteroatoms. The molecule has 0 bridgehead atoms. The number of hydrogen-bond acceptors (Lipinski definition) is 6. The molecule has 328 valence electrons. The molecule has 2 aromatic heterocycles. The molecule has 0 atom stereocenters. The Morgan fingerprint density at radius 3 is 1.78 bits per heavy atom. The molecular formula is C60H51N5OSe. The van der Waals surface area contributed by atoms with Crippen molar-refractivity contribution in [1.29, 1.82) is 0 Å². The Bertz CT molecular complexity index is 3200. The van der Waals surface area contributed by atoms with E-state index in [9.17, 15) is 0 Å². The van der Waals surface area contributed by atoms with Crippen molar-refractivity contribution in [2.75, 3.05) is 21.4 Å². The Morgan fingerprint density at radius 2 is 1.10 bits per heavy atom. The van der Waals surface area contributed by atoms with E-state index in [4.69, 9.17) is 14.7 Å². The van der Waals surface area contributed by atoms with Gasteiger partial charge >= 0.3 is 270 Å². The van der Waals surface area contributed by atoms with Crippen LogP contribution >= 0.6 is 0 Å². The molecule has 0 saturated heterocycles. The molecule has 0 spiro atoms. The third kappa shape index (κ3) is 7.94. The molecule has 0 aliphatic carbocycles. The predicted molar refractivity (Wildman–Crippen MR) is 278 cm³/mol. The van der Waals surface area contributed by atoms with E-state index in [1.807, 2.05) is 18.5 Å². The summed E-state index contributed by atoms with van der Waals surface area (Å²) in [5.74, 6) is 2.10. The number of ether oxygens (including phenoxy) is 1. The molecule has 0 saturated carbocycles. The molecule has 0 unspecified atom stereocenters. The van der Waals surface area contributed by atoms with Gasteiger partial charge in [-0.05, 0) is 34.2 Å². The van der Waals surface area contributed by atoms with Crippen molar-refractivity contribution in [2.45, 2.75) is 45.4 Å². The Morgan fingerprint density at radius 1 is 0.493 bits per heavy atom. The van der Waals surface area contributed by atoms with Gasteiger partial charge in [-0.25, -0.2) is 0 Å². The molecule has 0 fully saturated rings. The molecule has 67 heavy (non-hydrogen) atoms. The maximum absolute atomic E-state index is 6.76. The standard InChI is InChI=1S/C60H51N5OSe/c1-59(2,3)45-34-48(41-20-9-6-10-21-41)58(49(35-45)42-22-11-7-12-23-42)64-40-63(50-28-15-16-29-51(50)64)46-26-19-27-47(37-46)66-57-38-53-55(39-62-57)67-54-31-18-17-30-52(54)65(53)56-36-44(32-33-61-56)60(4,5)43-24-13-8-14-25-43/h6-39H,40H2,1-5H3. The Balaban J connectivity index is 0.957. The number of nitrogens with zero attached hydrogens (tertiary/aromatic N) is 5. The number of benzene rings is 7. The molecule has 4 heterocycles. The minimum absolute atomic E-state index is 0.0532. The third-order valence-electron chi connectivity index (χ3n) is 13.1. The van der Waals surface area contributed by atoms with E-state index < -0.39 is 0 Å². The molecule has 0 radical (unpaired) electrons. The fourth-order valence-electron chi connectivity index (χ4n) is 9.39. The quantitative estimate of drug-likeness (QED) is 0.134. The normalized spacial score (nSPS) is 13.2. The van der Waals surface area contributed by atoms with Crippen LogP contribution < -0.4 is 28.4 Å². The molecule has 2 aliphatic heterocycles. The van der Waals surface area contributed by atoms with E-state index in [1.165, 1.54) is 53.6 Å². The number of para-hydroxylation sites is 3. The van der Waals surface area contributed by atoms with Crippen LogP contribution in [0.25, 0.3) is 22.3 Å². The van der Waals surface area contributed by atoms with Gasteiger partial charge < -0.3 is 0 Å². The summed E-state index contributed by atoms with van der Waals surface area (Å²) >= 11 is 0.0532. The van der Waals surface area contributed by atoms with Crippen molar-refractivity contribution in [1.82, 2.24) is 9.97 Å². The summed E-state index contributed by atoms with van der Waals surface area (Å²) in [6, 6.07) is 69.4. The number of aromatic nitrogens is 2. The summed E-state index contributed by atoms with van der Waals surface area (Å²) in [5.41, 5.74) is 14.9. The van der Waals surface area contributed by atoms with Crippen LogP contribution in [0.4, 0.5) is 39.9 Å². The van der Waals surface area contributed by atoms with Crippen LogP contribution in [0, 0.1) is 0 Å². The molecule has 2 aliphatic rings. The molecule has 9 aromatic rings. The van der Waals surface area contributed by atoms with E-state index in [0.29, 0.717) is 18.3 Å². The van der Waals surface area contributed by atoms with Gasteiger partial charge in [-0.2, -0.15) is 0 Å². The van der Waals surface area contributed by atoms with Gasteiger partial charge in [0.05, 0.1) is 0 Å². The summed E-state index contributed by atoms with van der Waals surface area (Å²) in [6.45, 7) is 12.1. The largest absolute Gasteiger partial charge is 0.0622 e. The van der Waals surface area contributed by atoms with Gasteiger partial charge in [-0.3, -0.25) is 0 Å². The summed E-state index contributed by atoms with van der Waals surface area (Å²) in [4.78, 5) is 17.1. The smallest absolute Gasteiger partial charge is 0.00638 e. The van der Waals surface area contributed by atoms with Gasteiger partial charge in [-0.1, -0.05) is 87.5 Å². The van der Waals surface area contributed by atoms with E-state index >= 15 is 0 Å². The average Bonchev–Trinajstić information content (AvgIpc) is 3.75. The zero-order valence-corrected chi connectivity index (χ0v) is 40.1. The Kier molecular flexibility index (Phi) is 10.8. The van der Waals surface area contributed by atoms with Crippen LogP contribution in [0.3, 0.4) is 0 Å². The van der Waals surface area contributed by atoms with Crippen LogP contribution in [-0.4, -0.2) is 31.6 Å². The van der Waals surface area contributed by atoms with Crippen molar-refractivity contribution < 1.29 is 4.74 Å². The average molecular weight is 937 g/mol. The van der Waals surface area contributed by atoms with Crippen LogP contribution in [0.1, 0.15) is 51.3 Å².